The first-order valence-electron chi connectivity index (χ1n) is 5.38. The molecular formula is C12H12N4O2S. The molecule has 0 spiro atoms. The number of carbonyl (C=O) groups excluding carboxylic acids is 1. The topological polar surface area (TPSA) is 89.6 Å². The molecule has 0 atom stereocenters. The number of hydrazone groups is 1. The average molecular weight is 276 g/mol. The predicted octanol–water partition coefficient (Wildman–Crippen LogP) is 1.96. The molecule has 19 heavy (non-hydrogen) atoms. The minimum atomic E-state index is -0.402. The normalized spacial score (nSPS) is 10.6. The van der Waals surface area contributed by atoms with E-state index in [1.54, 1.807) is 23.6 Å². The van der Waals surface area contributed by atoms with Gasteiger partial charge in [0.15, 0.2) is 0 Å². The molecule has 0 saturated heterocycles. The molecule has 0 aliphatic rings. The van der Waals surface area contributed by atoms with E-state index in [1.807, 2.05) is 6.07 Å². The highest BCUT2D eigenvalue weighted by molar-refractivity contribution is 7.14. The second-order valence-electron chi connectivity index (χ2n) is 3.53. The Kier molecular flexibility index (Phi) is 4.09. The number of hydrogen-bond donors (Lipinski definition) is 2. The third kappa shape index (κ3) is 3.29. The van der Waals surface area contributed by atoms with E-state index < -0.39 is 5.97 Å². The summed E-state index contributed by atoms with van der Waals surface area (Å²) in [6.45, 7) is 0. The number of nitrogens with zero attached hydrogens (tertiary/aromatic N) is 2. The summed E-state index contributed by atoms with van der Waals surface area (Å²) in [6, 6.07) is 7.02. The van der Waals surface area contributed by atoms with Gasteiger partial charge in [0, 0.05) is 10.9 Å². The van der Waals surface area contributed by atoms with Gasteiger partial charge in [-0.25, -0.2) is 9.78 Å². The highest BCUT2D eigenvalue weighted by Gasteiger charge is 2.08. The number of thiazole rings is 1. The van der Waals surface area contributed by atoms with Crippen LogP contribution in [0.2, 0.25) is 0 Å². The summed E-state index contributed by atoms with van der Waals surface area (Å²) in [5.41, 5.74) is 9.34. The Morgan fingerprint density at radius 1 is 1.53 bits per heavy atom. The molecular weight excluding hydrogens is 264 g/mol. The minimum absolute atomic E-state index is 0.402. The Hall–Kier alpha value is -2.41. The summed E-state index contributed by atoms with van der Waals surface area (Å²) in [7, 11) is 1.34. The fraction of sp³-hybridized carbons (Fsp3) is 0.0833. The maximum absolute atomic E-state index is 11.5. The molecule has 3 N–H and O–H groups in total. The Bertz CT molecular complexity index is 609. The van der Waals surface area contributed by atoms with Crippen LogP contribution in [0.5, 0.6) is 0 Å². The van der Waals surface area contributed by atoms with Gasteiger partial charge >= 0.3 is 5.97 Å². The van der Waals surface area contributed by atoms with Crippen LogP contribution in [0.4, 0.5) is 10.9 Å². The summed E-state index contributed by atoms with van der Waals surface area (Å²) in [4.78, 5) is 15.5. The van der Waals surface area contributed by atoms with Crippen molar-refractivity contribution in [2.75, 3.05) is 18.3 Å². The van der Waals surface area contributed by atoms with Gasteiger partial charge in [0.25, 0.3) is 0 Å². The van der Waals surface area contributed by atoms with Crippen LogP contribution >= 0.6 is 11.3 Å². The van der Waals surface area contributed by atoms with Crippen molar-refractivity contribution >= 4 is 34.5 Å². The molecule has 0 radical (unpaired) electrons. The molecule has 0 aliphatic carbocycles. The fourth-order valence-electron chi connectivity index (χ4n) is 1.40. The second kappa shape index (κ2) is 5.96. The van der Waals surface area contributed by atoms with Gasteiger partial charge in [-0.05, 0) is 6.07 Å². The van der Waals surface area contributed by atoms with Crippen molar-refractivity contribution < 1.29 is 9.53 Å². The van der Waals surface area contributed by atoms with Crippen LogP contribution < -0.4 is 11.2 Å². The molecule has 0 amide bonds. The zero-order valence-electron chi connectivity index (χ0n) is 10.2. The van der Waals surface area contributed by atoms with Gasteiger partial charge < -0.3 is 10.5 Å². The molecule has 0 unspecified atom stereocenters. The predicted molar refractivity (Wildman–Crippen MR) is 75.5 cm³/mol. The molecule has 0 fully saturated rings. The van der Waals surface area contributed by atoms with Gasteiger partial charge in [0.05, 0.1) is 18.9 Å². The SMILES string of the molecule is COC(=O)c1ccccc1C=NNc1nc(N)cs1. The molecule has 0 saturated carbocycles. The Balaban J connectivity index is 2.12. The quantitative estimate of drug-likeness (QED) is 0.506. The first-order valence-corrected chi connectivity index (χ1v) is 6.26. The van der Waals surface area contributed by atoms with Crippen molar-refractivity contribution in [1.29, 1.82) is 0 Å². The lowest BCUT2D eigenvalue weighted by molar-refractivity contribution is 0.0600. The number of nitrogen functional groups attached to an aromatic ring is 1. The fourth-order valence-corrected chi connectivity index (χ4v) is 1.95. The number of rotatable bonds is 4. The molecule has 2 aromatic rings. The van der Waals surface area contributed by atoms with Crippen LogP contribution in [0.3, 0.4) is 0 Å². The largest absolute Gasteiger partial charge is 0.465 e. The van der Waals surface area contributed by atoms with Crippen LogP contribution in [0.25, 0.3) is 0 Å². The van der Waals surface area contributed by atoms with Crippen molar-refractivity contribution in [2.24, 2.45) is 5.10 Å². The standard InChI is InChI=1S/C12H12N4O2S/c1-18-11(17)9-5-3-2-4-8(9)6-14-16-12-15-10(13)7-19-12/h2-7H,13H2,1H3,(H,15,16). The molecule has 6 nitrogen and oxygen atoms in total. The zero-order chi connectivity index (χ0) is 13.7. The van der Waals surface area contributed by atoms with Crippen LogP contribution in [-0.2, 0) is 4.74 Å². The number of ether oxygens (including phenoxy) is 1. The molecule has 7 heteroatoms. The lowest BCUT2D eigenvalue weighted by Crippen LogP contribution is -2.05. The smallest absolute Gasteiger partial charge is 0.338 e. The van der Waals surface area contributed by atoms with Gasteiger partial charge in [-0.1, -0.05) is 18.2 Å². The summed E-state index contributed by atoms with van der Waals surface area (Å²) in [5.74, 6) is 0.0400. The van der Waals surface area contributed by atoms with E-state index in [0.717, 1.165) is 0 Å². The number of hydrogen-bond acceptors (Lipinski definition) is 7. The Labute approximate surface area is 113 Å². The third-order valence-corrected chi connectivity index (χ3v) is 3.02. The minimum Gasteiger partial charge on any atom is -0.465 e. The van der Waals surface area contributed by atoms with Gasteiger partial charge in [0.1, 0.15) is 5.82 Å². The van der Waals surface area contributed by atoms with Crippen molar-refractivity contribution in [3.63, 3.8) is 0 Å². The number of nitrogens with one attached hydrogen (secondary N) is 1. The number of esters is 1. The van der Waals surface area contributed by atoms with Crippen LogP contribution in [0, 0.1) is 0 Å². The van der Waals surface area contributed by atoms with Gasteiger partial charge in [-0.15, -0.1) is 11.3 Å². The number of carbonyl (C=O) groups is 1. The first-order chi connectivity index (χ1) is 9.20. The number of methoxy groups -OCH3 is 1. The Morgan fingerprint density at radius 3 is 3.00 bits per heavy atom. The summed E-state index contributed by atoms with van der Waals surface area (Å²) in [6.07, 6.45) is 1.53. The van der Waals surface area contributed by atoms with E-state index in [2.05, 4.69) is 15.5 Å². The molecule has 1 aromatic heterocycles. The first kappa shape index (κ1) is 13.0. The highest BCUT2D eigenvalue weighted by atomic mass is 32.1. The monoisotopic (exact) mass is 276 g/mol. The number of aromatic nitrogens is 1. The average Bonchev–Trinajstić information content (AvgIpc) is 2.84. The van der Waals surface area contributed by atoms with E-state index >= 15 is 0 Å². The molecule has 0 bridgehead atoms. The van der Waals surface area contributed by atoms with Crippen molar-refractivity contribution in [1.82, 2.24) is 4.98 Å². The van der Waals surface area contributed by atoms with E-state index in [0.29, 0.717) is 22.1 Å². The summed E-state index contributed by atoms with van der Waals surface area (Å²) in [5, 5.41) is 6.31. The molecule has 1 aromatic carbocycles. The number of nitrogens with two attached hydrogens (primary N) is 1. The maximum atomic E-state index is 11.5. The molecule has 98 valence electrons. The van der Waals surface area contributed by atoms with Crippen LogP contribution in [0.1, 0.15) is 15.9 Å². The van der Waals surface area contributed by atoms with E-state index in [-0.39, 0.29) is 0 Å². The molecule has 2 rings (SSSR count). The van der Waals surface area contributed by atoms with E-state index in [1.165, 1.54) is 24.7 Å². The van der Waals surface area contributed by atoms with Crippen molar-refractivity contribution in [3.05, 3.63) is 40.8 Å². The number of anilines is 2. The highest BCUT2D eigenvalue weighted by Crippen LogP contribution is 2.16. The molecule has 1 heterocycles. The number of benzene rings is 1. The van der Waals surface area contributed by atoms with Gasteiger partial charge in [-0.3, -0.25) is 5.43 Å². The zero-order valence-corrected chi connectivity index (χ0v) is 11.0. The third-order valence-electron chi connectivity index (χ3n) is 2.25. The van der Waals surface area contributed by atoms with E-state index in [9.17, 15) is 4.79 Å². The lowest BCUT2D eigenvalue weighted by atomic mass is 10.1. The van der Waals surface area contributed by atoms with Gasteiger partial charge in [0.2, 0.25) is 5.13 Å². The second-order valence-corrected chi connectivity index (χ2v) is 4.38. The van der Waals surface area contributed by atoms with Gasteiger partial charge in [-0.2, -0.15) is 5.10 Å². The van der Waals surface area contributed by atoms with Crippen LogP contribution in [0.15, 0.2) is 34.7 Å². The lowest BCUT2D eigenvalue weighted by Gasteiger charge is -2.02. The van der Waals surface area contributed by atoms with E-state index in [4.69, 9.17) is 10.5 Å². The van der Waals surface area contributed by atoms with Crippen molar-refractivity contribution in [2.45, 2.75) is 0 Å². The summed E-state index contributed by atoms with van der Waals surface area (Å²) >= 11 is 1.35. The summed E-state index contributed by atoms with van der Waals surface area (Å²) < 4.78 is 4.70. The molecule has 0 aliphatic heterocycles. The Morgan fingerprint density at radius 2 is 2.32 bits per heavy atom. The van der Waals surface area contributed by atoms with Crippen molar-refractivity contribution in [3.8, 4) is 0 Å². The van der Waals surface area contributed by atoms with Crippen LogP contribution in [-0.4, -0.2) is 24.3 Å². The maximum Gasteiger partial charge on any atom is 0.338 e.